The third kappa shape index (κ3) is 11.5. The van der Waals surface area contributed by atoms with E-state index in [2.05, 4.69) is 10.6 Å². The fourth-order valence-corrected chi connectivity index (χ4v) is 4.20. The van der Waals surface area contributed by atoms with Crippen molar-refractivity contribution >= 4 is 29.9 Å². The van der Waals surface area contributed by atoms with E-state index in [9.17, 15) is 4.79 Å². The van der Waals surface area contributed by atoms with Gasteiger partial charge in [0.2, 0.25) is 0 Å². The number of carbonyl (C=O) groups is 1. The Hall–Kier alpha value is 1.96. The summed E-state index contributed by atoms with van der Waals surface area (Å²) in [6.45, 7) is 8.16. The van der Waals surface area contributed by atoms with E-state index in [4.69, 9.17) is 28.9 Å². The van der Waals surface area contributed by atoms with Gasteiger partial charge in [0.05, 0.1) is 0 Å². The van der Waals surface area contributed by atoms with Crippen LogP contribution in [-0.4, -0.2) is 60.9 Å². The summed E-state index contributed by atoms with van der Waals surface area (Å²) < 4.78 is 12.9. The van der Waals surface area contributed by atoms with E-state index in [-0.39, 0.29) is 81.4 Å². The number of para-hydroxylation sites is 1. The number of halogens is 2. The van der Waals surface area contributed by atoms with Crippen LogP contribution in [0.2, 0.25) is 0 Å². The van der Waals surface area contributed by atoms with E-state index < -0.39 is 19.6 Å². The van der Waals surface area contributed by atoms with Gasteiger partial charge in [0, 0.05) is 75.5 Å². The Bertz CT molecular complexity index is 607. The van der Waals surface area contributed by atoms with E-state index in [0.29, 0.717) is 32.1 Å². The minimum absolute atomic E-state index is 0. The van der Waals surface area contributed by atoms with E-state index in [1.807, 2.05) is 35.5 Å². The van der Waals surface area contributed by atoms with Gasteiger partial charge < -0.3 is 10.6 Å². The molecule has 164 valence electrons. The van der Waals surface area contributed by atoms with Gasteiger partial charge in [-0.3, -0.25) is 0 Å². The number of hydrogen-bond donors (Lipinski definition) is 2. The molecule has 28 heavy (non-hydrogen) atoms. The van der Waals surface area contributed by atoms with Crippen molar-refractivity contribution in [2.24, 2.45) is 0 Å². The molecule has 2 aliphatic heterocycles. The second-order valence-electron chi connectivity index (χ2n) is 5.60. The summed E-state index contributed by atoms with van der Waals surface area (Å²) in [4.78, 5) is 14.1. The number of nitrogens with zero attached hydrogens (tertiary/aromatic N) is 1. The molecule has 2 saturated heterocycles. The van der Waals surface area contributed by atoms with Crippen molar-refractivity contribution in [3.63, 3.8) is 0 Å². The van der Waals surface area contributed by atoms with Crippen LogP contribution in [-0.2, 0) is 23.0 Å². The van der Waals surface area contributed by atoms with Crippen LogP contribution in [0.15, 0.2) is 24.3 Å². The van der Waals surface area contributed by atoms with E-state index in [1.54, 1.807) is 11.8 Å². The van der Waals surface area contributed by atoms with Gasteiger partial charge in [-0.2, -0.15) is 0 Å². The van der Waals surface area contributed by atoms with Gasteiger partial charge in [-0.05, 0) is 13.1 Å². The first-order valence-electron chi connectivity index (χ1n) is 8.32. The SMILES string of the molecule is CC(Oc1ccccc1[CH]=[Ru]([Cl])[Cl])C(=O)N1CCOCC1.[Ar].[Ar].[CH-]1NCCN1. The molecule has 1 atom stereocenters. The third-order valence-corrected chi connectivity index (χ3v) is 5.53. The van der Waals surface area contributed by atoms with Gasteiger partial charge in [-0.25, -0.2) is 6.67 Å². The summed E-state index contributed by atoms with van der Waals surface area (Å²) in [6, 6.07) is 7.45. The van der Waals surface area contributed by atoms with Gasteiger partial charge in [0.15, 0.2) is 0 Å². The van der Waals surface area contributed by atoms with E-state index in [1.165, 1.54) is 0 Å². The second-order valence-corrected chi connectivity index (χ2v) is 11.3. The molecule has 6 nitrogen and oxygen atoms in total. The molecule has 0 aromatic heterocycles. The zero-order chi connectivity index (χ0) is 18.8. The predicted molar refractivity (Wildman–Crippen MR) is 101 cm³/mol. The maximum absolute atomic E-state index is 12.3. The molecule has 2 aliphatic rings. The first kappa shape index (κ1) is 30.0. The molecule has 1 unspecified atom stereocenters. The van der Waals surface area contributed by atoms with Crippen molar-refractivity contribution in [2.75, 3.05) is 39.4 Å². The molecular weight excluding hydrogens is 546 g/mol. The summed E-state index contributed by atoms with van der Waals surface area (Å²) >= 11 is -1.94. The average Bonchev–Trinajstić information content (AvgIpc) is 3.23. The Morgan fingerprint density at radius 2 is 1.86 bits per heavy atom. The monoisotopic (exact) mass is 570 g/mol. The molecule has 3 rings (SSSR count). The van der Waals surface area contributed by atoms with Crippen molar-refractivity contribution in [1.82, 2.24) is 15.5 Å². The number of rotatable bonds is 4. The number of benzene rings is 1. The van der Waals surface area contributed by atoms with Crippen LogP contribution in [0.3, 0.4) is 0 Å². The van der Waals surface area contributed by atoms with Crippen molar-refractivity contribution in [2.45, 2.75) is 13.0 Å². The summed E-state index contributed by atoms with van der Waals surface area (Å²) in [5, 5.41) is 5.97. The fraction of sp³-hybridized carbons (Fsp3) is 0.471. The van der Waals surface area contributed by atoms with Crippen LogP contribution >= 0.6 is 19.4 Å². The molecule has 1 amide bonds. The summed E-state index contributed by atoms with van der Waals surface area (Å²) in [5.41, 5.74) is 0.836. The summed E-state index contributed by atoms with van der Waals surface area (Å²) in [6.07, 6.45) is -0.552. The fourth-order valence-electron chi connectivity index (χ4n) is 2.40. The molecule has 2 N–H and O–H groups in total. The molecule has 1 aromatic rings. The second kappa shape index (κ2) is 17.5. The minimum Gasteiger partial charge on any atom is -0.455 e. The number of carbonyl (C=O) groups excluding carboxylic acids is 1. The Morgan fingerprint density at radius 1 is 1.25 bits per heavy atom. The van der Waals surface area contributed by atoms with Crippen LogP contribution in [0.25, 0.3) is 0 Å². The van der Waals surface area contributed by atoms with Crippen LogP contribution in [0.1, 0.15) is 12.5 Å². The number of amides is 1. The Kier molecular flexibility index (Phi) is 18.7. The van der Waals surface area contributed by atoms with Crippen LogP contribution in [0, 0.1) is 82.1 Å². The molecule has 2 fully saturated rings. The number of ether oxygens (including phenoxy) is 2. The molecule has 0 radical (unpaired) electrons. The topological polar surface area (TPSA) is 62.8 Å². The molecular formula is C17H24Ar2Cl2N3O3Ru-. The van der Waals surface area contributed by atoms with Gasteiger partial charge in [0.1, 0.15) is 0 Å². The predicted octanol–water partition coefficient (Wildman–Crippen LogP) is 1.69. The number of morpholine rings is 1. The van der Waals surface area contributed by atoms with Crippen LogP contribution in [0.4, 0.5) is 0 Å². The molecule has 0 saturated carbocycles. The third-order valence-electron chi connectivity index (χ3n) is 3.70. The van der Waals surface area contributed by atoms with Crippen molar-refractivity contribution < 1.29 is 103 Å². The Labute approximate surface area is 239 Å². The van der Waals surface area contributed by atoms with Crippen LogP contribution < -0.4 is 15.4 Å². The maximum atomic E-state index is 12.3. The van der Waals surface area contributed by atoms with E-state index >= 15 is 0 Å². The quantitative estimate of drug-likeness (QED) is 0.427. The van der Waals surface area contributed by atoms with E-state index in [0.717, 1.165) is 18.7 Å². The smallest absolute Gasteiger partial charge is 0 e. The van der Waals surface area contributed by atoms with Gasteiger partial charge >= 0.3 is 137 Å². The van der Waals surface area contributed by atoms with Gasteiger partial charge in [0.25, 0.3) is 0 Å². The molecule has 2 heterocycles. The van der Waals surface area contributed by atoms with Crippen molar-refractivity contribution in [3.8, 4) is 5.75 Å². The first-order chi connectivity index (χ1) is 12.6. The average molecular weight is 570 g/mol. The molecule has 11 heteroatoms. The van der Waals surface area contributed by atoms with Gasteiger partial charge in [-0.1, -0.05) is 0 Å². The zero-order valence-electron chi connectivity index (χ0n) is 15.3. The molecule has 0 bridgehead atoms. The van der Waals surface area contributed by atoms with Crippen molar-refractivity contribution in [1.29, 1.82) is 0 Å². The Morgan fingerprint density at radius 3 is 2.39 bits per heavy atom. The van der Waals surface area contributed by atoms with Gasteiger partial charge in [-0.15, -0.1) is 0 Å². The molecule has 0 spiro atoms. The number of nitrogens with one attached hydrogen (secondary N) is 2. The summed E-state index contributed by atoms with van der Waals surface area (Å²) in [5.74, 6) is 0.602. The molecule has 1 aromatic carbocycles. The normalized spacial score (nSPS) is 17.1. The maximum Gasteiger partial charge on any atom is 0 e. The Balaban J connectivity index is 0.000000907. The molecule has 0 aliphatic carbocycles. The first-order valence-corrected chi connectivity index (χ1v) is 13.8. The largest absolute Gasteiger partial charge is 0.455 e. The standard InChI is InChI=1S/C14H17NO3.C3H7N2.2Ar.2ClH.Ru/c1-11-5-3-4-6-13(11)18-12(2)14(16)15-7-9-17-10-8-15;1-2-5-3-4-1;;;;;/h1,3-6,12H,7-10H2,2H3;3-5H,1-2H2;;;2*1H;/q;-1;;;;;+2/p-2. The minimum atomic E-state index is -1.94. The van der Waals surface area contributed by atoms with Crippen molar-refractivity contribution in [3.05, 3.63) is 36.5 Å². The number of hydrogen-bond acceptors (Lipinski definition) is 5. The van der Waals surface area contributed by atoms with Crippen LogP contribution in [0.5, 0.6) is 5.75 Å². The zero-order valence-corrected chi connectivity index (χ0v) is 19.9. The summed E-state index contributed by atoms with van der Waals surface area (Å²) in [7, 11) is 11.8.